The van der Waals surface area contributed by atoms with Crippen molar-refractivity contribution in [3.05, 3.63) is 70.8 Å². The lowest BCUT2D eigenvalue weighted by Crippen LogP contribution is -2.15. The maximum atomic E-state index is 12.4. The molecule has 1 aromatic carbocycles. The molecule has 9 heteroatoms. The molecule has 30 heavy (non-hydrogen) atoms. The molecule has 152 valence electrons. The fourth-order valence-electron chi connectivity index (χ4n) is 2.87. The summed E-state index contributed by atoms with van der Waals surface area (Å²) in [5, 5.41) is 8.29. The van der Waals surface area contributed by atoms with E-state index in [-0.39, 0.29) is 18.2 Å². The van der Waals surface area contributed by atoms with E-state index in [0.29, 0.717) is 27.3 Å². The van der Waals surface area contributed by atoms with Gasteiger partial charge in [0.25, 0.3) is 5.91 Å². The van der Waals surface area contributed by atoms with E-state index in [4.69, 9.17) is 4.42 Å². The van der Waals surface area contributed by atoms with E-state index in [0.717, 1.165) is 16.1 Å². The summed E-state index contributed by atoms with van der Waals surface area (Å²) in [6.45, 7) is 3.64. The van der Waals surface area contributed by atoms with Crippen molar-refractivity contribution < 1.29 is 14.0 Å². The molecule has 2 N–H and O–H groups in total. The highest BCUT2D eigenvalue weighted by Gasteiger charge is 2.16. The van der Waals surface area contributed by atoms with Crippen LogP contribution in [0.1, 0.15) is 27.5 Å². The van der Waals surface area contributed by atoms with E-state index in [9.17, 15) is 9.59 Å². The number of carbonyl (C=O) groups excluding carboxylic acids is 2. The summed E-state index contributed by atoms with van der Waals surface area (Å²) < 4.78 is 5.14. The van der Waals surface area contributed by atoms with Crippen LogP contribution in [0.2, 0.25) is 0 Å². The first-order valence-corrected chi connectivity index (χ1v) is 10.8. The highest BCUT2D eigenvalue weighted by atomic mass is 32.1. The van der Waals surface area contributed by atoms with Crippen molar-refractivity contribution in [1.82, 2.24) is 9.97 Å². The molecule has 0 fully saturated rings. The number of thiazole rings is 2. The van der Waals surface area contributed by atoms with Crippen LogP contribution < -0.4 is 10.6 Å². The van der Waals surface area contributed by atoms with Crippen LogP contribution in [0.15, 0.2) is 52.5 Å². The summed E-state index contributed by atoms with van der Waals surface area (Å²) in [4.78, 5) is 34.5. The number of carbonyl (C=O) groups is 2. The first-order chi connectivity index (χ1) is 14.5. The minimum absolute atomic E-state index is 0.0937. The van der Waals surface area contributed by atoms with Crippen LogP contribution >= 0.6 is 22.7 Å². The Morgan fingerprint density at radius 3 is 2.57 bits per heavy atom. The van der Waals surface area contributed by atoms with Gasteiger partial charge < -0.3 is 9.73 Å². The molecule has 4 rings (SSSR count). The first-order valence-electron chi connectivity index (χ1n) is 9.12. The smallest absolute Gasteiger partial charge is 0.260 e. The Balaban J connectivity index is 1.37. The van der Waals surface area contributed by atoms with Gasteiger partial charge in [-0.15, -0.1) is 11.3 Å². The Labute approximate surface area is 180 Å². The third kappa shape index (κ3) is 4.47. The number of nitrogens with zero attached hydrogens (tertiary/aromatic N) is 2. The number of benzene rings is 1. The molecular formula is C21H18N4O3S2. The van der Waals surface area contributed by atoms with E-state index in [1.807, 2.05) is 37.3 Å². The molecule has 0 atom stereocenters. The van der Waals surface area contributed by atoms with Crippen molar-refractivity contribution in [2.75, 3.05) is 10.6 Å². The average Bonchev–Trinajstić information content (AvgIpc) is 3.43. The van der Waals surface area contributed by atoms with Crippen LogP contribution in [-0.4, -0.2) is 21.8 Å². The number of hydrogen-bond acceptors (Lipinski definition) is 7. The highest BCUT2D eigenvalue weighted by Crippen LogP contribution is 2.32. The van der Waals surface area contributed by atoms with Gasteiger partial charge in [0.15, 0.2) is 10.3 Å². The lowest BCUT2D eigenvalue weighted by atomic mass is 10.2. The number of anilines is 2. The lowest BCUT2D eigenvalue weighted by molar-refractivity contribution is -0.115. The zero-order valence-corrected chi connectivity index (χ0v) is 17.9. The number of aromatic nitrogens is 2. The van der Waals surface area contributed by atoms with Gasteiger partial charge in [-0.2, -0.15) is 0 Å². The lowest BCUT2D eigenvalue weighted by Gasteiger charge is -2.00. The second kappa shape index (κ2) is 8.60. The van der Waals surface area contributed by atoms with E-state index >= 15 is 0 Å². The molecule has 0 aliphatic rings. The average molecular weight is 439 g/mol. The van der Waals surface area contributed by atoms with E-state index < -0.39 is 0 Å². The molecule has 3 heterocycles. The molecule has 0 saturated heterocycles. The van der Waals surface area contributed by atoms with Gasteiger partial charge in [0, 0.05) is 5.38 Å². The zero-order chi connectivity index (χ0) is 21.1. The normalized spacial score (nSPS) is 10.7. The topological polar surface area (TPSA) is 97.1 Å². The predicted molar refractivity (Wildman–Crippen MR) is 118 cm³/mol. The summed E-state index contributed by atoms with van der Waals surface area (Å²) >= 11 is 2.70. The van der Waals surface area contributed by atoms with Gasteiger partial charge in [-0.1, -0.05) is 41.7 Å². The fraction of sp³-hybridized carbons (Fsp3) is 0.143. The summed E-state index contributed by atoms with van der Waals surface area (Å²) in [6.07, 6.45) is 1.56. The third-order valence-electron chi connectivity index (χ3n) is 4.30. The van der Waals surface area contributed by atoms with Crippen LogP contribution in [0, 0.1) is 13.8 Å². The van der Waals surface area contributed by atoms with Crippen molar-refractivity contribution in [3.63, 3.8) is 0 Å². The second-order valence-corrected chi connectivity index (χ2v) is 8.37. The fourth-order valence-corrected chi connectivity index (χ4v) is 4.56. The molecule has 2 amide bonds. The van der Waals surface area contributed by atoms with Gasteiger partial charge in [0.2, 0.25) is 5.91 Å². The number of aryl methyl sites for hydroxylation is 2. The van der Waals surface area contributed by atoms with Gasteiger partial charge in [-0.25, -0.2) is 9.97 Å². The van der Waals surface area contributed by atoms with Crippen LogP contribution in [0.3, 0.4) is 0 Å². The molecule has 0 radical (unpaired) electrons. The molecule has 0 aliphatic heterocycles. The molecule has 7 nitrogen and oxygen atoms in total. The van der Waals surface area contributed by atoms with Crippen molar-refractivity contribution in [2.45, 2.75) is 20.3 Å². The number of nitrogens with one attached hydrogen (secondary N) is 2. The summed E-state index contributed by atoms with van der Waals surface area (Å²) in [5.41, 5.74) is 2.97. The Morgan fingerprint density at radius 1 is 1.03 bits per heavy atom. The zero-order valence-electron chi connectivity index (χ0n) is 16.3. The van der Waals surface area contributed by atoms with E-state index in [1.54, 1.807) is 18.4 Å². The number of hydrogen-bond donors (Lipinski definition) is 2. The molecule has 4 aromatic rings. The molecule has 0 unspecified atom stereocenters. The summed E-state index contributed by atoms with van der Waals surface area (Å²) in [7, 11) is 0. The van der Waals surface area contributed by atoms with Crippen LogP contribution in [0.25, 0.3) is 10.4 Å². The van der Waals surface area contributed by atoms with Gasteiger partial charge in [-0.05, 0) is 25.5 Å². The Hall–Kier alpha value is -3.30. The molecule has 3 aromatic heterocycles. The van der Waals surface area contributed by atoms with E-state index in [2.05, 4.69) is 20.6 Å². The minimum atomic E-state index is -0.293. The van der Waals surface area contributed by atoms with Crippen molar-refractivity contribution in [2.24, 2.45) is 0 Å². The van der Waals surface area contributed by atoms with Crippen molar-refractivity contribution in [3.8, 4) is 10.4 Å². The Bertz CT molecular complexity index is 1190. The Kier molecular flexibility index (Phi) is 5.73. The molecule has 0 saturated carbocycles. The standard InChI is InChI=1S/C21H18N4O3S2/c1-12-18(14-6-4-3-5-7-14)30-21(22-12)24-17(26)10-15-11-29-20(23-15)25-19(27)16-8-9-28-13(16)2/h3-9,11H,10H2,1-2H3,(H,22,24,26)(H,23,25,27). The van der Waals surface area contributed by atoms with Gasteiger partial charge in [-0.3, -0.25) is 14.9 Å². The molecule has 0 spiro atoms. The number of amides is 2. The van der Waals surface area contributed by atoms with Gasteiger partial charge in [0.05, 0.1) is 34.5 Å². The van der Waals surface area contributed by atoms with Crippen LogP contribution in [0.5, 0.6) is 0 Å². The van der Waals surface area contributed by atoms with Crippen LogP contribution in [0.4, 0.5) is 10.3 Å². The van der Waals surface area contributed by atoms with Crippen molar-refractivity contribution >= 4 is 44.8 Å². The minimum Gasteiger partial charge on any atom is -0.469 e. The maximum Gasteiger partial charge on any atom is 0.260 e. The van der Waals surface area contributed by atoms with Crippen LogP contribution in [-0.2, 0) is 11.2 Å². The monoisotopic (exact) mass is 438 g/mol. The largest absolute Gasteiger partial charge is 0.469 e. The second-order valence-electron chi connectivity index (χ2n) is 6.51. The number of rotatable bonds is 6. The number of furan rings is 1. The maximum absolute atomic E-state index is 12.4. The molecular weight excluding hydrogens is 420 g/mol. The third-order valence-corrected chi connectivity index (χ3v) is 6.22. The summed E-state index contributed by atoms with van der Waals surface area (Å²) in [5.74, 6) is 0.0350. The first kappa shape index (κ1) is 20.0. The molecule has 0 bridgehead atoms. The van der Waals surface area contributed by atoms with Gasteiger partial charge in [0.1, 0.15) is 5.76 Å². The Morgan fingerprint density at radius 2 is 1.83 bits per heavy atom. The summed E-state index contributed by atoms with van der Waals surface area (Å²) in [6, 6.07) is 11.5. The molecule has 0 aliphatic carbocycles. The predicted octanol–water partition coefficient (Wildman–Crippen LogP) is 4.91. The highest BCUT2D eigenvalue weighted by molar-refractivity contribution is 7.19. The van der Waals surface area contributed by atoms with Gasteiger partial charge >= 0.3 is 0 Å². The van der Waals surface area contributed by atoms with Crippen molar-refractivity contribution in [1.29, 1.82) is 0 Å². The van der Waals surface area contributed by atoms with E-state index in [1.165, 1.54) is 28.9 Å². The quantitative estimate of drug-likeness (QED) is 0.446. The SMILES string of the molecule is Cc1nc(NC(=O)Cc2csc(NC(=O)c3ccoc3C)n2)sc1-c1ccccc1.